The first-order valence-corrected chi connectivity index (χ1v) is 13.3. The average molecular weight is 248 g/mol. The van der Waals surface area contributed by atoms with Gasteiger partial charge in [0.05, 0.1) is 0 Å². The number of hydrogen-bond acceptors (Lipinski definition) is 3. The Balaban J connectivity index is 3.09. The van der Waals surface area contributed by atoms with Crippen molar-refractivity contribution in [1.29, 1.82) is 0 Å². The van der Waals surface area contributed by atoms with Crippen LogP contribution in [0.3, 0.4) is 0 Å². The maximum atomic E-state index is 2.73. The van der Waals surface area contributed by atoms with Gasteiger partial charge >= 0.3 is 0 Å². The SMILES string of the molecule is CN1[SiH](C)N(C)[Si](C)(C)N(C)[Si]1(C)C. The lowest BCUT2D eigenvalue weighted by molar-refractivity contribution is 0.503. The molecule has 0 aromatic heterocycles. The zero-order valence-corrected chi connectivity index (χ0v) is 14.1. The molecule has 84 valence electrons. The highest BCUT2D eigenvalue weighted by atomic mass is 28.5. The van der Waals surface area contributed by atoms with Crippen LogP contribution in [0.1, 0.15) is 0 Å². The second-order valence-electron chi connectivity index (χ2n) is 5.40. The van der Waals surface area contributed by atoms with E-state index in [4.69, 9.17) is 0 Å². The van der Waals surface area contributed by atoms with Gasteiger partial charge in [0.15, 0.2) is 25.9 Å². The third-order valence-electron chi connectivity index (χ3n) is 4.49. The van der Waals surface area contributed by atoms with Crippen molar-refractivity contribution in [2.45, 2.75) is 32.7 Å². The van der Waals surface area contributed by atoms with Crippen LogP contribution in [0, 0.1) is 0 Å². The fraction of sp³-hybridized carbons (Fsp3) is 1.00. The molecular weight excluding hydrogens is 222 g/mol. The molecule has 1 fully saturated rings. The summed E-state index contributed by atoms with van der Waals surface area (Å²) in [7, 11) is 3.60. The van der Waals surface area contributed by atoms with Gasteiger partial charge in [-0.3, -0.25) is 0 Å². The van der Waals surface area contributed by atoms with Crippen LogP contribution in [0.25, 0.3) is 0 Å². The van der Waals surface area contributed by atoms with Crippen LogP contribution in [0.5, 0.6) is 0 Å². The molecule has 0 amide bonds. The maximum Gasteiger partial charge on any atom is 0.188 e. The van der Waals surface area contributed by atoms with Gasteiger partial charge in [-0.25, -0.2) is 0 Å². The highest BCUT2D eigenvalue weighted by Crippen LogP contribution is 2.29. The van der Waals surface area contributed by atoms with Crippen LogP contribution in [-0.2, 0) is 0 Å². The van der Waals surface area contributed by atoms with E-state index in [1.165, 1.54) is 0 Å². The first kappa shape index (κ1) is 12.6. The highest BCUT2D eigenvalue weighted by Gasteiger charge is 2.51. The zero-order valence-electron chi connectivity index (χ0n) is 10.9. The molecule has 1 aliphatic rings. The van der Waals surface area contributed by atoms with E-state index < -0.39 is 25.9 Å². The van der Waals surface area contributed by atoms with Crippen LogP contribution in [0.2, 0.25) is 32.7 Å². The Morgan fingerprint density at radius 2 is 1.07 bits per heavy atom. The quantitative estimate of drug-likeness (QED) is 0.593. The summed E-state index contributed by atoms with van der Waals surface area (Å²) in [5.41, 5.74) is 0. The molecule has 0 spiro atoms. The summed E-state index contributed by atoms with van der Waals surface area (Å²) in [5, 5.41) is 0. The van der Waals surface area contributed by atoms with Crippen LogP contribution >= 0.6 is 0 Å². The summed E-state index contributed by atoms with van der Waals surface area (Å²) in [4.78, 5) is 0. The monoisotopic (exact) mass is 247 g/mol. The molecule has 3 nitrogen and oxygen atoms in total. The van der Waals surface area contributed by atoms with E-state index in [0.29, 0.717) is 0 Å². The predicted molar refractivity (Wildman–Crippen MR) is 71.3 cm³/mol. The molecule has 0 unspecified atom stereocenters. The molecule has 1 aliphatic heterocycles. The summed E-state index contributed by atoms with van der Waals surface area (Å²) in [6.45, 7) is 12.4. The van der Waals surface area contributed by atoms with E-state index in [2.05, 4.69) is 66.6 Å². The number of nitrogens with zero attached hydrogens (tertiary/aromatic N) is 3. The van der Waals surface area contributed by atoms with Crippen molar-refractivity contribution in [2.75, 3.05) is 21.1 Å². The molecule has 0 N–H and O–H groups in total. The third-order valence-corrected chi connectivity index (χ3v) is 22.8. The minimum Gasteiger partial charge on any atom is -0.328 e. The average Bonchev–Trinajstić information content (AvgIpc) is 2.11. The summed E-state index contributed by atoms with van der Waals surface area (Å²) in [5.74, 6) is 0. The Kier molecular flexibility index (Phi) is 3.18. The molecule has 0 saturated carbocycles. The van der Waals surface area contributed by atoms with Crippen LogP contribution in [0.4, 0.5) is 0 Å². The molecule has 0 atom stereocenters. The Morgan fingerprint density at radius 1 is 0.786 bits per heavy atom. The molecule has 0 aromatic rings. The lowest BCUT2D eigenvalue weighted by Crippen LogP contribution is -2.82. The van der Waals surface area contributed by atoms with Gasteiger partial charge in [0.1, 0.15) is 0 Å². The van der Waals surface area contributed by atoms with Crippen molar-refractivity contribution in [3.8, 4) is 0 Å². The van der Waals surface area contributed by atoms with Crippen LogP contribution < -0.4 is 0 Å². The third kappa shape index (κ3) is 1.57. The van der Waals surface area contributed by atoms with E-state index in [9.17, 15) is 0 Å². The maximum absolute atomic E-state index is 2.73. The topological polar surface area (TPSA) is 9.72 Å². The first-order valence-electron chi connectivity index (χ1n) is 5.33. The molecular formula is C8H25N3Si3. The number of hydrogen-bond donors (Lipinski definition) is 0. The van der Waals surface area contributed by atoms with Crippen LogP contribution in [0.15, 0.2) is 0 Å². The standard InChI is InChI=1S/C8H25N3Si3/c1-9-12(4)10(2)14(7,8)11(3)13(9,5)6/h12H,1-8H3. The van der Waals surface area contributed by atoms with Gasteiger partial charge in [0.25, 0.3) is 0 Å². The van der Waals surface area contributed by atoms with Gasteiger partial charge in [0, 0.05) is 0 Å². The second-order valence-corrected chi connectivity index (χ2v) is 18.4. The van der Waals surface area contributed by atoms with Gasteiger partial charge in [-0.05, 0) is 53.9 Å². The normalized spacial score (nSPS) is 30.9. The minimum atomic E-state index is -1.29. The van der Waals surface area contributed by atoms with Crippen molar-refractivity contribution in [1.82, 2.24) is 12.7 Å². The van der Waals surface area contributed by atoms with Crippen molar-refractivity contribution in [3.63, 3.8) is 0 Å². The van der Waals surface area contributed by atoms with Gasteiger partial charge in [-0.1, -0.05) is 0 Å². The fourth-order valence-electron chi connectivity index (χ4n) is 2.32. The Morgan fingerprint density at radius 3 is 1.36 bits per heavy atom. The molecule has 14 heavy (non-hydrogen) atoms. The summed E-state index contributed by atoms with van der Waals surface area (Å²) in [6, 6.07) is 0. The lowest BCUT2D eigenvalue weighted by Gasteiger charge is -2.60. The summed E-state index contributed by atoms with van der Waals surface area (Å²) >= 11 is 0. The fourth-order valence-corrected chi connectivity index (χ4v) is 20.5. The lowest BCUT2D eigenvalue weighted by atomic mass is 11.5. The zero-order chi connectivity index (χ0) is 11.3. The highest BCUT2D eigenvalue weighted by molar-refractivity contribution is 6.98. The predicted octanol–water partition coefficient (Wildman–Crippen LogP) is 1.05. The van der Waals surface area contributed by atoms with Crippen molar-refractivity contribution < 1.29 is 0 Å². The van der Waals surface area contributed by atoms with E-state index in [-0.39, 0.29) is 0 Å². The summed E-state index contributed by atoms with van der Waals surface area (Å²) in [6.07, 6.45) is 0. The van der Waals surface area contributed by atoms with Gasteiger partial charge in [-0.2, -0.15) is 0 Å². The molecule has 1 rings (SSSR count). The largest absolute Gasteiger partial charge is 0.328 e. The Bertz CT molecular complexity index is 210. The summed E-state index contributed by atoms with van der Waals surface area (Å²) < 4.78 is 8.16. The first-order chi connectivity index (χ1) is 6.13. The van der Waals surface area contributed by atoms with Gasteiger partial charge in [0.2, 0.25) is 0 Å². The van der Waals surface area contributed by atoms with Gasteiger partial charge < -0.3 is 12.7 Å². The molecule has 0 aliphatic carbocycles. The van der Waals surface area contributed by atoms with E-state index in [0.717, 1.165) is 0 Å². The smallest absolute Gasteiger partial charge is 0.188 e. The van der Waals surface area contributed by atoms with Crippen molar-refractivity contribution >= 4 is 25.9 Å². The molecule has 0 bridgehead atoms. The van der Waals surface area contributed by atoms with Crippen molar-refractivity contribution in [3.05, 3.63) is 0 Å². The number of rotatable bonds is 0. The molecule has 0 radical (unpaired) electrons. The molecule has 0 aromatic carbocycles. The van der Waals surface area contributed by atoms with E-state index in [1.807, 2.05) is 0 Å². The second kappa shape index (κ2) is 3.53. The van der Waals surface area contributed by atoms with Crippen molar-refractivity contribution in [2.24, 2.45) is 0 Å². The van der Waals surface area contributed by atoms with E-state index in [1.54, 1.807) is 0 Å². The minimum absolute atomic E-state index is 0.823. The molecule has 1 saturated heterocycles. The Hall–Kier alpha value is 0.531. The molecule has 1 heterocycles. The van der Waals surface area contributed by atoms with Crippen LogP contribution in [-0.4, -0.2) is 59.8 Å². The Labute approximate surface area is 92.8 Å². The van der Waals surface area contributed by atoms with Gasteiger partial charge in [-0.15, -0.1) is 0 Å². The molecule has 6 heteroatoms. The van der Waals surface area contributed by atoms with E-state index >= 15 is 0 Å².